The maximum absolute atomic E-state index is 9.49. The summed E-state index contributed by atoms with van der Waals surface area (Å²) in [4.78, 5) is 4.51. The molecule has 0 saturated carbocycles. The average Bonchev–Trinajstić information content (AvgIpc) is 2.99. The van der Waals surface area contributed by atoms with Crippen LogP contribution in [-0.4, -0.2) is 20.3 Å². The van der Waals surface area contributed by atoms with E-state index in [0.29, 0.717) is 17.3 Å². The van der Waals surface area contributed by atoms with Crippen molar-refractivity contribution in [1.29, 1.82) is 0 Å². The fraction of sp³-hybridized carbons (Fsp3) is 0.222. The molecule has 0 aliphatic heterocycles. The molecule has 0 unspecified atom stereocenters. The molecule has 5 heteroatoms. The van der Waals surface area contributed by atoms with Gasteiger partial charge in [0.15, 0.2) is 11.6 Å². The van der Waals surface area contributed by atoms with E-state index < -0.39 is 0 Å². The molecule has 5 nitrogen and oxygen atoms in total. The molecule has 23 heavy (non-hydrogen) atoms. The Balaban J connectivity index is 1.91. The fourth-order valence-corrected chi connectivity index (χ4v) is 2.34. The summed E-state index contributed by atoms with van der Waals surface area (Å²) >= 11 is 0. The number of hydrogen-bond acceptors (Lipinski definition) is 4. The minimum atomic E-state index is 0.0577. The predicted molar refractivity (Wildman–Crippen MR) is 92.0 cm³/mol. The number of phenols is 1. The Bertz CT molecular complexity index is 829. The Labute approximate surface area is 135 Å². The molecule has 0 atom stereocenters. The lowest BCUT2D eigenvalue weighted by atomic mass is 9.87. The Morgan fingerprint density at radius 1 is 1.00 bits per heavy atom. The number of aromatic amines is 1. The van der Waals surface area contributed by atoms with Crippen LogP contribution in [0.1, 0.15) is 26.3 Å². The molecule has 0 bridgehead atoms. The summed E-state index contributed by atoms with van der Waals surface area (Å²) in [6, 6.07) is 13.2. The number of nitrogen functional groups attached to an aromatic ring is 1. The van der Waals surface area contributed by atoms with E-state index in [4.69, 9.17) is 5.73 Å². The average molecular weight is 308 g/mol. The molecule has 0 aliphatic rings. The highest BCUT2D eigenvalue weighted by Gasteiger charge is 2.14. The van der Waals surface area contributed by atoms with Gasteiger partial charge in [0.25, 0.3) is 0 Å². The van der Waals surface area contributed by atoms with Crippen LogP contribution in [0, 0.1) is 0 Å². The van der Waals surface area contributed by atoms with Gasteiger partial charge in [-0.05, 0) is 29.2 Å². The first-order chi connectivity index (χ1) is 10.8. The lowest BCUT2D eigenvalue weighted by molar-refractivity contribution is 0.478. The first kappa shape index (κ1) is 15.1. The summed E-state index contributed by atoms with van der Waals surface area (Å²) in [5.74, 6) is 1.31. The Kier molecular flexibility index (Phi) is 3.56. The van der Waals surface area contributed by atoms with Crippen LogP contribution in [0.25, 0.3) is 22.8 Å². The molecule has 0 amide bonds. The SMILES string of the molecule is CC(C)(C)c1ccc(-c2nc(-c3ccc(O)c(N)c3)n[nH]2)cc1. The maximum Gasteiger partial charge on any atom is 0.181 e. The third-order valence-corrected chi connectivity index (χ3v) is 3.80. The molecule has 0 spiro atoms. The molecule has 4 N–H and O–H groups in total. The Hall–Kier alpha value is -2.82. The zero-order valence-corrected chi connectivity index (χ0v) is 13.5. The van der Waals surface area contributed by atoms with Crippen molar-refractivity contribution in [3.8, 4) is 28.5 Å². The van der Waals surface area contributed by atoms with Gasteiger partial charge in [-0.15, -0.1) is 0 Å². The molecule has 3 rings (SSSR count). The van der Waals surface area contributed by atoms with E-state index in [-0.39, 0.29) is 11.2 Å². The van der Waals surface area contributed by atoms with Crippen molar-refractivity contribution in [2.24, 2.45) is 0 Å². The normalized spacial score (nSPS) is 11.6. The van der Waals surface area contributed by atoms with Crippen molar-refractivity contribution in [1.82, 2.24) is 15.2 Å². The summed E-state index contributed by atoms with van der Waals surface area (Å²) in [5, 5.41) is 16.7. The monoisotopic (exact) mass is 308 g/mol. The second-order valence-electron chi connectivity index (χ2n) is 6.61. The van der Waals surface area contributed by atoms with E-state index in [1.807, 2.05) is 12.1 Å². The molecule has 3 aromatic rings. The summed E-state index contributed by atoms with van der Waals surface area (Å²) in [6.07, 6.45) is 0. The molecule has 2 aromatic carbocycles. The van der Waals surface area contributed by atoms with Gasteiger partial charge in [-0.1, -0.05) is 45.0 Å². The Morgan fingerprint density at radius 2 is 1.65 bits per heavy atom. The first-order valence-corrected chi connectivity index (χ1v) is 7.47. The van der Waals surface area contributed by atoms with Crippen LogP contribution in [-0.2, 0) is 5.41 Å². The van der Waals surface area contributed by atoms with E-state index in [2.05, 4.69) is 48.1 Å². The van der Waals surface area contributed by atoms with Crippen molar-refractivity contribution in [3.05, 3.63) is 48.0 Å². The van der Waals surface area contributed by atoms with Crippen LogP contribution in [0.2, 0.25) is 0 Å². The molecule has 118 valence electrons. The van der Waals surface area contributed by atoms with E-state index in [1.54, 1.807) is 18.2 Å². The number of aromatic hydroxyl groups is 1. The lowest BCUT2D eigenvalue weighted by Crippen LogP contribution is -2.10. The van der Waals surface area contributed by atoms with Crippen molar-refractivity contribution in [2.45, 2.75) is 26.2 Å². The molecular formula is C18H20N4O. The molecule has 0 aliphatic carbocycles. The third kappa shape index (κ3) is 3.04. The zero-order valence-electron chi connectivity index (χ0n) is 13.5. The molecular weight excluding hydrogens is 288 g/mol. The van der Waals surface area contributed by atoms with Crippen LogP contribution in [0.5, 0.6) is 5.75 Å². The molecule has 0 saturated heterocycles. The highest BCUT2D eigenvalue weighted by Crippen LogP contribution is 2.28. The number of hydrogen-bond donors (Lipinski definition) is 3. The molecule has 0 fully saturated rings. The van der Waals surface area contributed by atoms with E-state index in [1.165, 1.54) is 5.56 Å². The molecule has 0 radical (unpaired) electrons. The number of nitrogens with one attached hydrogen (secondary N) is 1. The van der Waals surface area contributed by atoms with Crippen molar-refractivity contribution >= 4 is 5.69 Å². The number of rotatable bonds is 2. The van der Waals surface area contributed by atoms with Gasteiger partial charge in [0.05, 0.1) is 5.69 Å². The van der Waals surface area contributed by atoms with E-state index in [0.717, 1.165) is 11.1 Å². The number of benzene rings is 2. The van der Waals surface area contributed by atoms with Gasteiger partial charge in [0.2, 0.25) is 0 Å². The van der Waals surface area contributed by atoms with Crippen molar-refractivity contribution in [3.63, 3.8) is 0 Å². The summed E-state index contributed by atoms with van der Waals surface area (Å²) in [5.41, 5.74) is 9.15. The number of phenolic OH excluding ortho intramolecular Hbond substituents is 1. The minimum Gasteiger partial charge on any atom is -0.506 e. The largest absolute Gasteiger partial charge is 0.506 e. The van der Waals surface area contributed by atoms with Crippen LogP contribution in [0.3, 0.4) is 0 Å². The number of H-pyrrole nitrogens is 1. The number of anilines is 1. The highest BCUT2D eigenvalue weighted by atomic mass is 16.3. The highest BCUT2D eigenvalue weighted by molar-refractivity contribution is 5.67. The smallest absolute Gasteiger partial charge is 0.181 e. The predicted octanol–water partition coefficient (Wildman–Crippen LogP) is 3.72. The number of nitrogens with two attached hydrogens (primary N) is 1. The van der Waals surface area contributed by atoms with Gasteiger partial charge in [0, 0.05) is 11.1 Å². The van der Waals surface area contributed by atoms with Crippen molar-refractivity contribution < 1.29 is 5.11 Å². The number of nitrogens with zero attached hydrogens (tertiary/aromatic N) is 2. The molecule has 1 heterocycles. The second-order valence-corrected chi connectivity index (χ2v) is 6.61. The van der Waals surface area contributed by atoms with Crippen LogP contribution in [0.15, 0.2) is 42.5 Å². The standard InChI is InChI=1S/C18H20N4O/c1-18(2,3)13-7-4-11(5-8-13)16-20-17(22-21-16)12-6-9-15(23)14(19)10-12/h4-10,23H,19H2,1-3H3,(H,20,21,22). The quantitative estimate of drug-likeness (QED) is 0.497. The first-order valence-electron chi connectivity index (χ1n) is 7.47. The maximum atomic E-state index is 9.49. The van der Waals surface area contributed by atoms with Crippen molar-refractivity contribution in [2.75, 3.05) is 5.73 Å². The third-order valence-electron chi connectivity index (χ3n) is 3.80. The van der Waals surface area contributed by atoms with Gasteiger partial charge in [0.1, 0.15) is 5.75 Å². The molecule has 1 aromatic heterocycles. The summed E-state index contributed by atoms with van der Waals surface area (Å²) in [6.45, 7) is 6.55. The minimum absolute atomic E-state index is 0.0577. The van der Waals surface area contributed by atoms with Gasteiger partial charge in [-0.2, -0.15) is 5.10 Å². The van der Waals surface area contributed by atoms with Crippen LogP contribution in [0.4, 0.5) is 5.69 Å². The topological polar surface area (TPSA) is 87.8 Å². The second kappa shape index (κ2) is 5.43. The van der Waals surface area contributed by atoms with Gasteiger partial charge < -0.3 is 10.8 Å². The summed E-state index contributed by atoms with van der Waals surface area (Å²) < 4.78 is 0. The fourth-order valence-electron chi connectivity index (χ4n) is 2.34. The number of aromatic nitrogens is 3. The van der Waals surface area contributed by atoms with Gasteiger partial charge in [-0.25, -0.2) is 4.98 Å². The van der Waals surface area contributed by atoms with Gasteiger partial charge in [-0.3, -0.25) is 5.10 Å². The zero-order chi connectivity index (χ0) is 16.6. The van der Waals surface area contributed by atoms with Gasteiger partial charge >= 0.3 is 0 Å². The Morgan fingerprint density at radius 3 is 2.26 bits per heavy atom. The van der Waals surface area contributed by atoms with E-state index in [9.17, 15) is 5.11 Å². The van der Waals surface area contributed by atoms with Crippen LogP contribution >= 0.6 is 0 Å². The lowest BCUT2D eigenvalue weighted by Gasteiger charge is -2.18. The summed E-state index contributed by atoms with van der Waals surface area (Å²) in [7, 11) is 0. The van der Waals surface area contributed by atoms with E-state index >= 15 is 0 Å². The van der Waals surface area contributed by atoms with Crippen LogP contribution < -0.4 is 5.73 Å².